The van der Waals surface area contributed by atoms with Gasteiger partial charge in [0.2, 0.25) is 0 Å². The van der Waals surface area contributed by atoms with Crippen LogP contribution in [0.25, 0.3) is 64.6 Å². The summed E-state index contributed by atoms with van der Waals surface area (Å²) in [6, 6.07) is 40.1. The zero-order chi connectivity index (χ0) is 33.0. The van der Waals surface area contributed by atoms with Crippen LogP contribution in [0.5, 0.6) is 0 Å². The summed E-state index contributed by atoms with van der Waals surface area (Å²) in [7, 11) is 0. The van der Waals surface area contributed by atoms with Gasteiger partial charge in [0.05, 0.1) is 0 Å². The second-order valence-corrected chi connectivity index (χ2v) is 13.9. The van der Waals surface area contributed by atoms with E-state index in [4.69, 9.17) is 0 Å². The zero-order valence-corrected chi connectivity index (χ0v) is 28.5. The Morgan fingerprint density at radius 2 is 0.792 bits per heavy atom. The van der Waals surface area contributed by atoms with Crippen molar-refractivity contribution in [3.05, 3.63) is 139 Å². The van der Waals surface area contributed by atoms with Crippen molar-refractivity contribution in [3.8, 4) is 0 Å². The van der Waals surface area contributed by atoms with Gasteiger partial charge in [-0.05, 0) is 96.7 Å². The van der Waals surface area contributed by atoms with Crippen LogP contribution in [-0.2, 0) is 0 Å². The Hall–Kier alpha value is -4.47. The number of thioether (sulfide) groups is 1. The average molecular weight is 651 g/mol. The number of hydrogen-bond donors (Lipinski definition) is 0. The lowest BCUT2D eigenvalue weighted by Crippen LogP contribution is -1.86. The first-order valence-electron chi connectivity index (χ1n) is 17.2. The van der Waals surface area contributed by atoms with Gasteiger partial charge in [-0.1, -0.05) is 142 Å². The Balaban J connectivity index is 0.000000160. The van der Waals surface area contributed by atoms with E-state index in [1.165, 1.54) is 99.2 Å². The minimum Gasteiger partial charge on any atom is -0.206 e. The van der Waals surface area contributed by atoms with Crippen LogP contribution in [0.4, 0.5) is 8.78 Å². The summed E-state index contributed by atoms with van der Waals surface area (Å²) in [5.41, 5.74) is 1.35. The molecular formula is C45H40F2S. The molecule has 3 heteroatoms. The van der Waals surface area contributed by atoms with E-state index in [1.54, 1.807) is 24.3 Å². The molecule has 8 aromatic carbocycles. The Morgan fingerprint density at radius 3 is 1.38 bits per heavy atom. The molecule has 8 rings (SSSR count). The first-order chi connectivity index (χ1) is 23.5. The summed E-state index contributed by atoms with van der Waals surface area (Å²) in [5.74, 6) is 0.757. The van der Waals surface area contributed by atoms with E-state index in [0.29, 0.717) is 10.8 Å². The van der Waals surface area contributed by atoms with Crippen LogP contribution in [-0.4, -0.2) is 5.75 Å². The third-order valence-electron chi connectivity index (χ3n) is 9.66. The molecule has 0 atom stereocenters. The van der Waals surface area contributed by atoms with Crippen molar-refractivity contribution in [2.24, 2.45) is 0 Å². The second kappa shape index (κ2) is 14.3. The molecule has 0 spiro atoms. The molecule has 0 fully saturated rings. The monoisotopic (exact) mass is 650 g/mol. The molecule has 0 bridgehead atoms. The van der Waals surface area contributed by atoms with Crippen LogP contribution in [0.3, 0.4) is 0 Å². The molecule has 8 aromatic rings. The molecular weight excluding hydrogens is 611 g/mol. The lowest BCUT2D eigenvalue weighted by atomic mass is 9.95. The minimum atomic E-state index is -0.233. The zero-order valence-electron chi connectivity index (χ0n) is 27.7. The number of halogens is 2. The molecule has 0 aromatic heterocycles. The van der Waals surface area contributed by atoms with Crippen LogP contribution >= 0.6 is 11.8 Å². The van der Waals surface area contributed by atoms with Crippen molar-refractivity contribution in [3.63, 3.8) is 0 Å². The van der Waals surface area contributed by atoms with Crippen molar-refractivity contribution in [1.82, 2.24) is 0 Å². The lowest BCUT2D eigenvalue weighted by molar-refractivity contribution is 0.627. The van der Waals surface area contributed by atoms with Gasteiger partial charge < -0.3 is 0 Å². The average Bonchev–Trinajstić information content (AvgIpc) is 3.11. The Kier molecular flexibility index (Phi) is 9.59. The van der Waals surface area contributed by atoms with E-state index in [0.717, 1.165) is 21.5 Å². The third kappa shape index (κ3) is 6.24. The molecule has 0 nitrogen and oxygen atoms in total. The second-order valence-electron chi connectivity index (χ2n) is 12.8. The van der Waals surface area contributed by atoms with E-state index in [-0.39, 0.29) is 11.6 Å². The molecule has 0 heterocycles. The lowest BCUT2D eigenvalue weighted by Gasteiger charge is -2.12. The molecule has 240 valence electrons. The van der Waals surface area contributed by atoms with Gasteiger partial charge in [-0.2, -0.15) is 0 Å². The summed E-state index contributed by atoms with van der Waals surface area (Å²) in [5, 5.41) is 13.0. The topological polar surface area (TPSA) is 0 Å². The molecule has 0 amide bonds. The van der Waals surface area contributed by atoms with Crippen molar-refractivity contribution >= 4 is 76.4 Å². The molecule has 0 saturated carbocycles. The molecule has 0 saturated heterocycles. The number of aryl methyl sites for hydroxylation is 1. The molecule has 0 radical (unpaired) electrons. The maximum absolute atomic E-state index is 13.8. The van der Waals surface area contributed by atoms with E-state index >= 15 is 0 Å². The van der Waals surface area contributed by atoms with Gasteiger partial charge in [0.15, 0.2) is 0 Å². The highest BCUT2D eigenvalue weighted by atomic mass is 32.2. The maximum atomic E-state index is 13.8. The summed E-state index contributed by atoms with van der Waals surface area (Å²) >= 11 is 2.03. The fourth-order valence-electron chi connectivity index (χ4n) is 7.13. The Morgan fingerprint density at radius 1 is 0.396 bits per heavy atom. The maximum Gasteiger partial charge on any atom is 0.131 e. The van der Waals surface area contributed by atoms with Gasteiger partial charge in [-0.25, -0.2) is 8.78 Å². The predicted octanol–water partition coefficient (Wildman–Crippen LogP) is 14.3. The Bertz CT molecular complexity index is 2330. The number of rotatable bonds is 8. The van der Waals surface area contributed by atoms with Crippen molar-refractivity contribution < 1.29 is 8.78 Å². The van der Waals surface area contributed by atoms with Gasteiger partial charge in [-0.15, -0.1) is 11.8 Å². The minimum absolute atomic E-state index is 0.233. The fourth-order valence-corrected chi connectivity index (χ4v) is 8.20. The third-order valence-corrected chi connectivity index (χ3v) is 10.8. The normalized spacial score (nSPS) is 11.6. The van der Waals surface area contributed by atoms with Crippen molar-refractivity contribution in [2.45, 2.75) is 57.3 Å². The van der Waals surface area contributed by atoms with Crippen LogP contribution in [0, 0.1) is 18.6 Å². The van der Waals surface area contributed by atoms with E-state index in [2.05, 4.69) is 74.5 Å². The predicted molar refractivity (Wildman–Crippen MR) is 207 cm³/mol. The van der Waals surface area contributed by atoms with Gasteiger partial charge in [-0.3, -0.25) is 0 Å². The fraction of sp³-hybridized carbons (Fsp3) is 0.200. The highest BCUT2D eigenvalue weighted by Gasteiger charge is 2.10. The molecule has 48 heavy (non-hydrogen) atoms. The van der Waals surface area contributed by atoms with E-state index in [9.17, 15) is 8.78 Å². The quantitative estimate of drug-likeness (QED) is 0.0896. The van der Waals surface area contributed by atoms with E-state index in [1.807, 2.05) is 36.0 Å². The molecule has 0 aliphatic carbocycles. The molecule has 0 aliphatic rings. The molecule has 0 unspecified atom stereocenters. The summed E-state index contributed by atoms with van der Waals surface area (Å²) in [6.45, 7) is 4.48. The smallest absolute Gasteiger partial charge is 0.131 e. The summed E-state index contributed by atoms with van der Waals surface area (Å²) < 4.78 is 27.7. The largest absolute Gasteiger partial charge is 0.206 e. The first kappa shape index (κ1) is 32.1. The van der Waals surface area contributed by atoms with Crippen LogP contribution < -0.4 is 0 Å². The van der Waals surface area contributed by atoms with Crippen molar-refractivity contribution in [1.29, 1.82) is 0 Å². The molecule has 0 aliphatic heterocycles. The van der Waals surface area contributed by atoms with Crippen LogP contribution in [0.2, 0.25) is 0 Å². The van der Waals surface area contributed by atoms with Gasteiger partial charge in [0, 0.05) is 15.7 Å². The Labute approximate surface area is 285 Å². The molecule has 0 N–H and O–H groups in total. The number of benzene rings is 8. The summed E-state index contributed by atoms with van der Waals surface area (Å²) in [6.07, 6.45) is 8.19. The SMILES string of the molecule is CCCCCCCCSc1cccc2c1ccc1c3cccc(C)c3ccc21.Fc1cccc2c1ccc1c3cccc(F)c3ccc21. The number of hydrogen-bond acceptors (Lipinski definition) is 1. The first-order valence-corrected chi connectivity index (χ1v) is 18.2. The van der Waals surface area contributed by atoms with Gasteiger partial charge in [0.25, 0.3) is 0 Å². The standard InChI is InChI=1S/C27H30S.C18H10F2/c1-3-4-5-6-7-8-19-28-27-14-10-13-23-25-16-15-21-20(2)11-9-12-22(21)24(25)17-18-26(23)27;19-17-5-1-3-11-13-7-10-16-12(4-2-6-18(16)20)14(13)8-9-15(11)17/h9-18H,3-8,19H2,1-2H3;1-10H. The van der Waals surface area contributed by atoms with Gasteiger partial charge in [0.1, 0.15) is 11.6 Å². The number of unbranched alkanes of at least 4 members (excludes halogenated alkanes) is 5. The summed E-state index contributed by atoms with van der Waals surface area (Å²) in [4.78, 5) is 1.43. The highest BCUT2D eigenvalue weighted by Crippen LogP contribution is 2.37. The highest BCUT2D eigenvalue weighted by molar-refractivity contribution is 7.99. The van der Waals surface area contributed by atoms with Gasteiger partial charge >= 0.3 is 0 Å². The van der Waals surface area contributed by atoms with Crippen LogP contribution in [0.1, 0.15) is 51.0 Å². The van der Waals surface area contributed by atoms with Crippen molar-refractivity contribution in [2.75, 3.05) is 5.75 Å². The van der Waals surface area contributed by atoms with Crippen LogP contribution in [0.15, 0.2) is 126 Å². The van der Waals surface area contributed by atoms with E-state index < -0.39 is 0 Å². The number of fused-ring (bicyclic) bond motifs is 10.